The van der Waals surface area contributed by atoms with Gasteiger partial charge in [0.25, 0.3) is 0 Å². The summed E-state index contributed by atoms with van der Waals surface area (Å²) >= 11 is 0. The topological polar surface area (TPSA) is 91.4 Å². The van der Waals surface area contributed by atoms with Crippen LogP contribution in [0.25, 0.3) is 0 Å². The van der Waals surface area contributed by atoms with Crippen LogP contribution in [-0.4, -0.2) is 50.1 Å². The summed E-state index contributed by atoms with van der Waals surface area (Å²) < 4.78 is 22.8. The van der Waals surface area contributed by atoms with Crippen molar-refractivity contribution >= 4 is 21.7 Å². The van der Waals surface area contributed by atoms with Crippen LogP contribution in [0.15, 0.2) is 18.3 Å². The zero-order valence-electron chi connectivity index (χ0n) is 13.0. The Kier molecular flexibility index (Phi) is 4.70. The van der Waals surface area contributed by atoms with Gasteiger partial charge < -0.3 is 15.5 Å². The number of urea groups is 1. The van der Waals surface area contributed by atoms with E-state index < -0.39 is 9.84 Å². The van der Waals surface area contributed by atoms with Gasteiger partial charge in [0.2, 0.25) is 0 Å². The molecule has 0 aliphatic carbocycles. The quantitative estimate of drug-likeness (QED) is 0.842. The summed E-state index contributed by atoms with van der Waals surface area (Å²) in [5, 5.41) is 5.50. The molecule has 2 saturated heterocycles. The van der Waals surface area contributed by atoms with Crippen LogP contribution in [0.2, 0.25) is 0 Å². The molecule has 126 valence electrons. The lowest BCUT2D eigenvalue weighted by Crippen LogP contribution is -2.42. The molecule has 2 amide bonds. The van der Waals surface area contributed by atoms with Crippen molar-refractivity contribution in [3.63, 3.8) is 0 Å². The predicted octanol–water partition coefficient (Wildman–Crippen LogP) is 0.668. The molecule has 0 spiro atoms. The molecule has 3 rings (SSSR count). The second-order valence-electron chi connectivity index (χ2n) is 6.14. The summed E-state index contributed by atoms with van der Waals surface area (Å²) in [6.07, 6.45) is 4.63. The highest BCUT2D eigenvalue weighted by Crippen LogP contribution is 2.18. The van der Waals surface area contributed by atoms with Gasteiger partial charge in [-0.15, -0.1) is 0 Å². The van der Waals surface area contributed by atoms with E-state index in [-0.39, 0.29) is 23.6 Å². The molecule has 7 nitrogen and oxygen atoms in total. The lowest BCUT2D eigenvalue weighted by Gasteiger charge is -2.17. The van der Waals surface area contributed by atoms with Crippen molar-refractivity contribution in [2.75, 3.05) is 29.5 Å². The summed E-state index contributed by atoms with van der Waals surface area (Å²) in [6.45, 7) is 2.45. The fourth-order valence-electron chi connectivity index (χ4n) is 3.02. The van der Waals surface area contributed by atoms with Gasteiger partial charge in [0.05, 0.1) is 11.5 Å². The van der Waals surface area contributed by atoms with Crippen LogP contribution in [0, 0.1) is 0 Å². The Bertz CT molecular complexity index is 671. The molecule has 0 radical (unpaired) electrons. The summed E-state index contributed by atoms with van der Waals surface area (Å²) in [5.41, 5.74) is 0.982. The number of carbonyl (C=O) groups is 1. The van der Waals surface area contributed by atoms with E-state index >= 15 is 0 Å². The monoisotopic (exact) mass is 338 g/mol. The fraction of sp³-hybridized carbons (Fsp3) is 0.600. The number of nitrogens with one attached hydrogen (secondary N) is 2. The number of carbonyl (C=O) groups excluding carboxylic acids is 1. The second kappa shape index (κ2) is 6.74. The van der Waals surface area contributed by atoms with Crippen LogP contribution in [-0.2, 0) is 16.4 Å². The van der Waals surface area contributed by atoms with E-state index in [1.54, 1.807) is 6.20 Å². The number of hydrogen-bond donors (Lipinski definition) is 2. The molecule has 1 aromatic heterocycles. The molecular formula is C15H22N4O3S. The average Bonchev–Trinajstić information content (AvgIpc) is 3.15. The summed E-state index contributed by atoms with van der Waals surface area (Å²) in [5.74, 6) is 1.14. The van der Waals surface area contributed by atoms with E-state index in [0.717, 1.165) is 24.5 Å². The molecule has 2 N–H and O–H groups in total. The number of aromatic nitrogens is 1. The van der Waals surface area contributed by atoms with Crippen molar-refractivity contribution < 1.29 is 13.2 Å². The molecule has 2 fully saturated rings. The van der Waals surface area contributed by atoms with E-state index in [1.165, 1.54) is 12.8 Å². The molecule has 1 atom stereocenters. The maximum Gasteiger partial charge on any atom is 0.315 e. The first kappa shape index (κ1) is 16.0. The van der Waals surface area contributed by atoms with Gasteiger partial charge in [-0.05, 0) is 37.0 Å². The smallest absolute Gasteiger partial charge is 0.315 e. The van der Waals surface area contributed by atoms with Gasteiger partial charge in [0.15, 0.2) is 9.84 Å². The van der Waals surface area contributed by atoms with Crippen LogP contribution in [0.3, 0.4) is 0 Å². The van der Waals surface area contributed by atoms with E-state index in [1.807, 2.05) is 12.1 Å². The highest BCUT2D eigenvalue weighted by Gasteiger charge is 2.28. The van der Waals surface area contributed by atoms with Crippen LogP contribution in [0.1, 0.15) is 24.8 Å². The molecule has 0 bridgehead atoms. The summed E-state index contributed by atoms with van der Waals surface area (Å²) in [7, 11) is -2.98. The van der Waals surface area contributed by atoms with Gasteiger partial charge in [-0.1, -0.05) is 0 Å². The van der Waals surface area contributed by atoms with Gasteiger partial charge in [-0.25, -0.2) is 18.2 Å². The Morgan fingerprint density at radius 3 is 2.83 bits per heavy atom. The van der Waals surface area contributed by atoms with E-state index in [9.17, 15) is 13.2 Å². The van der Waals surface area contributed by atoms with Crippen molar-refractivity contribution in [3.8, 4) is 0 Å². The molecule has 0 aromatic carbocycles. The fourth-order valence-corrected chi connectivity index (χ4v) is 4.69. The van der Waals surface area contributed by atoms with Crippen molar-refractivity contribution in [2.45, 2.75) is 31.8 Å². The Hall–Kier alpha value is -1.83. The van der Waals surface area contributed by atoms with Crippen LogP contribution in [0.4, 0.5) is 10.6 Å². The molecule has 0 saturated carbocycles. The first-order valence-electron chi connectivity index (χ1n) is 7.96. The number of hydrogen-bond acceptors (Lipinski definition) is 5. The first-order chi connectivity index (χ1) is 11.0. The number of rotatable bonds is 4. The van der Waals surface area contributed by atoms with Crippen molar-refractivity contribution in [1.29, 1.82) is 0 Å². The molecule has 8 heteroatoms. The third-order valence-electron chi connectivity index (χ3n) is 4.26. The van der Waals surface area contributed by atoms with Gasteiger partial charge in [0, 0.05) is 31.9 Å². The van der Waals surface area contributed by atoms with Gasteiger partial charge in [0.1, 0.15) is 5.82 Å². The summed E-state index contributed by atoms with van der Waals surface area (Å²) in [6, 6.07) is 3.26. The second-order valence-corrected chi connectivity index (χ2v) is 8.37. The Morgan fingerprint density at radius 2 is 2.13 bits per heavy atom. The molecule has 2 aliphatic heterocycles. The lowest BCUT2D eigenvalue weighted by atomic mass is 10.2. The molecule has 2 aliphatic rings. The predicted molar refractivity (Wildman–Crippen MR) is 88.1 cm³/mol. The number of sulfone groups is 1. The maximum atomic E-state index is 11.9. The minimum atomic E-state index is -2.98. The number of pyridine rings is 1. The van der Waals surface area contributed by atoms with Gasteiger partial charge in [-0.2, -0.15) is 0 Å². The largest absolute Gasteiger partial charge is 0.357 e. The highest BCUT2D eigenvalue weighted by atomic mass is 32.2. The Labute approximate surface area is 136 Å². The molecule has 0 unspecified atom stereocenters. The van der Waals surface area contributed by atoms with E-state index in [2.05, 4.69) is 20.5 Å². The SMILES string of the molecule is O=C(NCc1ccnc(N2CCCC2)c1)N[C@H]1CCS(=O)(=O)C1. The zero-order valence-corrected chi connectivity index (χ0v) is 13.8. The number of anilines is 1. The van der Waals surface area contributed by atoms with Crippen molar-refractivity contribution in [3.05, 3.63) is 23.9 Å². The van der Waals surface area contributed by atoms with Crippen LogP contribution in [0.5, 0.6) is 0 Å². The average molecular weight is 338 g/mol. The third kappa shape index (κ3) is 4.34. The van der Waals surface area contributed by atoms with Crippen LogP contribution < -0.4 is 15.5 Å². The Morgan fingerprint density at radius 1 is 1.35 bits per heavy atom. The minimum Gasteiger partial charge on any atom is -0.357 e. The minimum absolute atomic E-state index is 0.0365. The lowest BCUT2D eigenvalue weighted by molar-refractivity contribution is 0.237. The highest BCUT2D eigenvalue weighted by molar-refractivity contribution is 7.91. The number of amides is 2. The maximum absolute atomic E-state index is 11.9. The number of nitrogens with zero attached hydrogens (tertiary/aromatic N) is 2. The third-order valence-corrected chi connectivity index (χ3v) is 6.03. The molecule has 3 heterocycles. The van der Waals surface area contributed by atoms with Gasteiger partial charge >= 0.3 is 6.03 Å². The summed E-state index contributed by atoms with van der Waals surface area (Å²) in [4.78, 5) is 18.5. The first-order valence-corrected chi connectivity index (χ1v) is 9.79. The molecular weight excluding hydrogens is 316 g/mol. The zero-order chi connectivity index (χ0) is 16.3. The standard InChI is InChI=1S/C15H22N4O3S/c20-15(18-13-4-8-23(21,22)11-13)17-10-12-3-5-16-14(9-12)19-6-1-2-7-19/h3,5,9,13H,1-2,4,6-8,10-11H2,(H2,17,18,20)/t13-/m0/s1. The van der Waals surface area contributed by atoms with Crippen molar-refractivity contribution in [1.82, 2.24) is 15.6 Å². The van der Waals surface area contributed by atoms with Crippen LogP contribution >= 0.6 is 0 Å². The molecule has 23 heavy (non-hydrogen) atoms. The normalized spacial score (nSPS) is 23.0. The van der Waals surface area contributed by atoms with Crippen molar-refractivity contribution in [2.24, 2.45) is 0 Å². The van der Waals surface area contributed by atoms with Gasteiger partial charge in [-0.3, -0.25) is 0 Å². The van der Waals surface area contributed by atoms with E-state index in [0.29, 0.717) is 13.0 Å². The van der Waals surface area contributed by atoms with E-state index in [4.69, 9.17) is 0 Å². The Balaban J connectivity index is 1.50. The molecule has 1 aromatic rings.